The van der Waals surface area contributed by atoms with Gasteiger partial charge in [0.1, 0.15) is 32.5 Å². The Bertz CT molecular complexity index is 763. The summed E-state index contributed by atoms with van der Waals surface area (Å²) in [7, 11) is 0. The van der Waals surface area contributed by atoms with E-state index in [1.54, 1.807) is 0 Å². The summed E-state index contributed by atoms with van der Waals surface area (Å²) in [6.45, 7) is 3.87. The first-order valence-electron chi connectivity index (χ1n) is 6.73. The summed E-state index contributed by atoms with van der Waals surface area (Å²) in [6.07, 6.45) is -0.538. The van der Waals surface area contributed by atoms with Crippen molar-refractivity contribution in [3.63, 3.8) is 0 Å². The van der Waals surface area contributed by atoms with Crippen molar-refractivity contribution in [1.29, 1.82) is 0 Å². The van der Waals surface area contributed by atoms with Crippen molar-refractivity contribution in [3.05, 3.63) is 26.8 Å². The summed E-state index contributed by atoms with van der Waals surface area (Å²) in [5, 5.41) is 27.2. The largest absolute Gasteiger partial charge is 0.390 e. The third-order valence-corrected chi connectivity index (χ3v) is 5.76. The summed E-state index contributed by atoms with van der Waals surface area (Å²) in [5.74, 6) is 0.137. The molecular formula is C14H15N3O2S3. The second-order valence-electron chi connectivity index (χ2n) is 5.10. The van der Waals surface area contributed by atoms with Gasteiger partial charge in [-0.2, -0.15) is 0 Å². The molecule has 0 aromatic carbocycles. The van der Waals surface area contributed by atoms with Crippen molar-refractivity contribution in [1.82, 2.24) is 15.0 Å². The van der Waals surface area contributed by atoms with Gasteiger partial charge in [-0.15, -0.1) is 34.0 Å². The maximum atomic E-state index is 10.1. The van der Waals surface area contributed by atoms with Crippen LogP contribution in [0.15, 0.2) is 16.1 Å². The normalized spacial score (nSPS) is 13.0. The van der Waals surface area contributed by atoms with E-state index in [1.807, 2.05) is 30.0 Å². The van der Waals surface area contributed by atoms with Gasteiger partial charge >= 0.3 is 0 Å². The highest BCUT2D eigenvalue weighted by molar-refractivity contribution is 7.16. The lowest BCUT2D eigenvalue weighted by atomic mass is 10.1. The van der Waals surface area contributed by atoms with Crippen LogP contribution in [0.3, 0.4) is 0 Å². The molecule has 8 heteroatoms. The number of aromatic nitrogens is 3. The molecule has 0 amide bonds. The van der Waals surface area contributed by atoms with Crippen molar-refractivity contribution in [2.24, 2.45) is 5.92 Å². The Balaban J connectivity index is 1.84. The Morgan fingerprint density at radius 3 is 2.27 bits per heavy atom. The first kappa shape index (κ1) is 15.7. The highest BCUT2D eigenvalue weighted by atomic mass is 32.1. The first-order valence-corrected chi connectivity index (χ1v) is 9.37. The summed E-state index contributed by atoms with van der Waals surface area (Å²) in [6, 6.07) is 0. The molecule has 0 radical (unpaired) electrons. The van der Waals surface area contributed by atoms with Gasteiger partial charge in [0.25, 0.3) is 0 Å². The van der Waals surface area contributed by atoms with Gasteiger partial charge < -0.3 is 10.2 Å². The number of thiazole rings is 3. The Morgan fingerprint density at radius 1 is 0.955 bits per heavy atom. The molecule has 0 spiro atoms. The van der Waals surface area contributed by atoms with Crippen LogP contribution < -0.4 is 0 Å². The molecule has 0 fully saturated rings. The molecule has 0 unspecified atom stereocenters. The van der Waals surface area contributed by atoms with E-state index in [-0.39, 0.29) is 12.5 Å². The number of aliphatic hydroxyl groups is 2. The van der Waals surface area contributed by atoms with Gasteiger partial charge in [0.15, 0.2) is 0 Å². The van der Waals surface area contributed by atoms with Gasteiger partial charge in [0.05, 0.1) is 12.3 Å². The standard InChI is InChI=1S/C14H15N3O2S3/c1-7(2)11(19)14-17-10(6-22-14)13-16-9(5-21-13)12-15-8(3-18)4-20-12/h4-7,11,18-19H,3H2,1-2H3/t11-/m1/s1. The minimum Gasteiger partial charge on any atom is -0.390 e. The molecule has 5 nitrogen and oxygen atoms in total. The Kier molecular flexibility index (Phi) is 4.65. The lowest BCUT2D eigenvalue weighted by molar-refractivity contribution is 0.126. The van der Waals surface area contributed by atoms with Gasteiger partial charge in [0.2, 0.25) is 0 Å². The average molecular weight is 353 g/mol. The van der Waals surface area contributed by atoms with Crippen LogP contribution in [0.2, 0.25) is 0 Å². The highest BCUT2D eigenvalue weighted by Gasteiger charge is 2.18. The predicted octanol–water partition coefficient (Wildman–Crippen LogP) is 3.57. The van der Waals surface area contributed by atoms with Crippen LogP contribution in [0, 0.1) is 5.92 Å². The monoisotopic (exact) mass is 353 g/mol. The molecule has 0 saturated heterocycles. The number of hydrogen-bond acceptors (Lipinski definition) is 8. The fourth-order valence-electron chi connectivity index (χ4n) is 1.79. The zero-order valence-electron chi connectivity index (χ0n) is 12.1. The van der Waals surface area contributed by atoms with Crippen LogP contribution in [0.1, 0.15) is 30.7 Å². The molecule has 0 bridgehead atoms. The molecule has 22 heavy (non-hydrogen) atoms. The van der Waals surface area contributed by atoms with Gasteiger partial charge in [-0.1, -0.05) is 13.8 Å². The van der Waals surface area contributed by atoms with E-state index in [1.165, 1.54) is 34.0 Å². The zero-order valence-corrected chi connectivity index (χ0v) is 14.5. The second kappa shape index (κ2) is 6.51. The Morgan fingerprint density at radius 2 is 1.59 bits per heavy atom. The summed E-state index contributed by atoms with van der Waals surface area (Å²) in [5.41, 5.74) is 2.24. The average Bonchev–Trinajstić information content (AvgIpc) is 3.23. The smallest absolute Gasteiger partial charge is 0.143 e. The van der Waals surface area contributed by atoms with Crippen molar-refractivity contribution < 1.29 is 10.2 Å². The number of rotatable bonds is 5. The van der Waals surface area contributed by atoms with Gasteiger partial charge in [-0.25, -0.2) is 15.0 Å². The number of aliphatic hydroxyl groups excluding tert-OH is 2. The van der Waals surface area contributed by atoms with E-state index in [0.717, 1.165) is 26.4 Å². The van der Waals surface area contributed by atoms with E-state index in [0.29, 0.717) is 5.69 Å². The quantitative estimate of drug-likeness (QED) is 0.733. The molecule has 3 rings (SSSR count). The van der Waals surface area contributed by atoms with E-state index < -0.39 is 6.10 Å². The fraction of sp³-hybridized carbons (Fsp3) is 0.357. The van der Waals surface area contributed by atoms with Gasteiger partial charge in [-0.3, -0.25) is 0 Å². The van der Waals surface area contributed by atoms with Gasteiger partial charge in [0, 0.05) is 16.1 Å². The maximum Gasteiger partial charge on any atom is 0.143 e. The number of hydrogen-bond donors (Lipinski definition) is 2. The van der Waals surface area contributed by atoms with E-state index >= 15 is 0 Å². The lowest BCUT2D eigenvalue weighted by Crippen LogP contribution is -2.04. The Hall–Kier alpha value is -1.19. The van der Waals surface area contributed by atoms with Gasteiger partial charge in [-0.05, 0) is 5.92 Å². The van der Waals surface area contributed by atoms with Crippen LogP contribution in [-0.4, -0.2) is 25.2 Å². The summed E-state index contributed by atoms with van der Waals surface area (Å²) in [4.78, 5) is 13.4. The van der Waals surface area contributed by atoms with Crippen molar-refractivity contribution >= 4 is 34.0 Å². The predicted molar refractivity (Wildman–Crippen MR) is 90.1 cm³/mol. The van der Waals surface area contributed by atoms with Crippen molar-refractivity contribution in [2.75, 3.05) is 0 Å². The maximum absolute atomic E-state index is 10.1. The molecule has 3 aromatic heterocycles. The van der Waals surface area contributed by atoms with E-state index in [4.69, 9.17) is 5.11 Å². The molecular weight excluding hydrogens is 338 g/mol. The molecule has 3 aromatic rings. The van der Waals surface area contributed by atoms with Crippen LogP contribution in [0.25, 0.3) is 21.4 Å². The molecule has 1 atom stereocenters. The third kappa shape index (κ3) is 3.11. The van der Waals surface area contributed by atoms with Crippen LogP contribution in [0.5, 0.6) is 0 Å². The zero-order chi connectivity index (χ0) is 15.7. The highest BCUT2D eigenvalue weighted by Crippen LogP contribution is 2.33. The van der Waals surface area contributed by atoms with Crippen LogP contribution >= 0.6 is 34.0 Å². The van der Waals surface area contributed by atoms with Crippen LogP contribution in [-0.2, 0) is 6.61 Å². The SMILES string of the molecule is CC(C)[C@@H](O)c1nc(-c2nc(-c3nc(CO)cs3)cs2)cs1. The number of nitrogens with zero attached hydrogens (tertiary/aromatic N) is 3. The molecule has 116 valence electrons. The first-order chi connectivity index (χ1) is 10.6. The van der Waals surface area contributed by atoms with Crippen molar-refractivity contribution in [2.45, 2.75) is 26.6 Å². The lowest BCUT2D eigenvalue weighted by Gasteiger charge is -2.10. The fourth-order valence-corrected chi connectivity index (χ4v) is 4.44. The van der Waals surface area contributed by atoms with E-state index in [2.05, 4.69) is 15.0 Å². The molecule has 3 heterocycles. The minimum atomic E-state index is -0.538. The third-order valence-electron chi connectivity index (χ3n) is 3.06. The second-order valence-corrected chi connectivity index (χ2v) is 7.71. The molecule has 2 N–H and O–H groups in total. The van der Waals surface area contributed by atoms with Crippen molar-refractivity contribution in [3.8, 4) is 21.4 Å². The van der Waals surface area contributed by atoms with E-state index in [9.17, 15) is 5.11 Å². The topological polar surface area (TPSA) is 79.1 Å². The summed E-state index contributed by atoms with van der Waals surface area (Å²) < 4.78 is 0. The molecule has 0 saturated carbocycles. The summed E-state index contributed by atoms with van der Waals surface area (Å²) >= 11 is 4.42. The molecule has 0 aliphatic carbocycles. The Labute approximate surface area is 140 Å². The minimum absolute atomic E-state index is 0.0595. The van der Waals surface area contributed by atoms with Crippen LogP contribution in [0.4, 0.5) is 0 Å². The molecule has 0 aliphatic heterocycles. The molecule has 0 aliphatic rings.